The molecule has 0 atom stereocenters. The number of hydrogen-bond acceptors (Lipinski definition) is 3. The van der Waals surface area contributed by atoms with Crippen molar-refractivity contribution in [1.82, 2.24) is 10.6 Å². The first-order valence-electron chi connectivity index (χ1n) is 8.58. The summed E-state index contributed by atoms with van der Waals surface area (Å²) >= 11 is 3.41. The summed E-state index contributed by atoms with van der Waals surface area (Å²) in [5.41, 5.74) is 0. The van der Waals surface area contributed by atoms with E-state index < -0.39 is 0 Å². The number of nitrogens with one attached hydrogen (secondary N) is 2. The van der Waals surface area contributed by atoms with E-state index in [2.05, 4.69) is 26.6 Å². The third-order valence-corrected chi connectivity index (χ3v) is 4.71. The molecule has 1 aromatic rings. The van der Waals surface area contributed by atoms with Crippen molar-refractivity contribution >= 4 is 27.7 Å². The van der Waals surface area contributed by atoms with E-state index >= 15 is 0 Å². The molecule has 1 aliphatic rings. The van der Waals surface area contributed by atoms with Gasteiger partial charge in [-0.05, 0) is 47.3 Å². The Hall–Kier alpha value is -1.56. The second-order valence-corrected chi connectivity index (χ2v) is 6.92. The van der Waals surface area contributed by atoms with Crippen LogP contribution >= 0.6 is 15.9 Å². The van der Waals surface area contributed by atoms with Crippen LogP contribution in [0.4, 0.5) is 0 Å². The van der Waals surface area contributed by atoms with Gasteiger partial charge < -0.3 is 15.4 Å². The fraction of sp³-hybridized carbons (Fsp3) is 0.556. The van der Waals surface area contributed by atoms with Gasteiger partial charge in [-0.2, -0.15) is 0 Å². The average Bonchev–Trinajstić information content (AvgIpc) is 2.59. The number of ether oxygens (including phenoxy) is 1. The average molecular weight is 397 g/mol. The van der Waals surface area contributed by atoms with Gasteiger partial charge in [0.2, 0.25) is 11.8 Å². The summed E-state index contributed by atoms with van der Waals surface area (Å²) in [6.07, 6.45) is 6.66. The molecule has 0 radical (unpaired) electrons. The molecule has 2 rings (SSSR count). The Balaban J connectivity index is 1.54. The van der Waals surface area contributed by atoms with Gasteiger partial charge in [-0.1, -0.05) is 31.4 Å². The normalized spacial score (nSPS) is 14.9. The Labute approximate surface area is 151 Å². The SMILES string of the molecule is O=C(CCCOc1ccccc1Br)NCC(=O)NC1CCCCC1. The summed E-state index contributed by atoms with van der Waals surface area (Å²) < 4.78 is 6.50. The van der Waals surface area contributed by atoms with Crippen LogP contribution in [0.2, 0.25) is 0 Å². The lowest BCUT2D eigenvalue weighted by Crippen LogP contribution is -2.42. The standard InChI is InChI=1S/C18H25BrN2O3/c19-15-9-4-5-10-16(15)24-12-6-11-17(22)20-13-18(23)21-14-7-2-1-3-8-14/h4-5,9-10,14H,1-3,6-8,11-13H2,(H,20,22)(H,21,23). The third kappa shape index (κ3) is 6.91. The third-order valence-electron chi connectivity index (χ3n) is 4.06. The number of para-hydroxylation sites is 1. The van der Waals surface area contributed by atoms with Crippen LogP contribution in [0.1, 0.15) is 44.9 Å². The zero-order valence-electron chi connectivity index (χ0n) is 13.9. The lowest BCUT2D eigenvalue weighted by Gasteiger charge is -2.22. The maximum absolute atomic E-state index is 11.8. The van der Waals surface area contributed by atoms with Crippen LogP contribution in [0.5, 0.6) is 5.75 Å². The molecule has 1 fully saturated rings. The summed E-state index contributed by atoms with van der Waals surface area (Å²) in [4.78, 5) is 23.6. The summed E-state index contributed by atoms with van der Waals surface area (Å²) in [6, 6.07) is 7.88. The van der Waals surface area contributed by atoms with Crippen LogP contribution in [0.25, 0.3) is 0 Å². The van der Waals surface area contributed by atoms with Crippen molar-refractivity contribution in [2.24, 2.45) is 0 Å². The van der Waals surface area contributed by atoms with Gasteiger partial charge in [0.05, 0.1) is 17.6 Å². The minimum atomic E-state index is -0.121. The second kappa shape index (κ2) is 10.3. The number of carbonyl (C=O) groups excluding carboxylic acids is 2. The van der Waals surface area contributed by atoms with Crippen molar-refractivity contribution in [2.75, 3.05) is 13.2 Å². The number of hydrogen-bond donors (Lipinski definition) is 2. The van der Waals surface area contributed by atoms with Gasteiger partial charge in [-0.3, -0.25) is 9.59 Å². The Morgan fingerprint density at radius 1 is 1.12 bits per heavy atom. The van der Waals surface area contributed by atoms with E-state index in [9.17, 15) is 9.59 Å². The number of halogens is 1. The molecule has 0 aliphatic heterocycles. The van der Waals surface area contributed by atoms with E-state index in [1.54, 1.807) is 0 Å². The molecule has 24 heavy (non-hydrogen) atoms. The van der Waals surface area contributed by atoms with Gasteiger partial charge in [0.25, 0.3) is 0 Å². The highest BCUT2D eigenvalue weighted by Crippen LogP contribution is 2.23. The zero-order valence-corrected chi connectivity index (χ0v) is 15.4. The van der Waals surface area contributed by atoms with E-state index in [1.165, 1.54) is 19.3 Å². The predicted octanol–water partition coefficient (Wildman–Crippen LogP) is 3.17. The van der Waals surface area contributed by atoms with Crippen molar-refractivity contribution in [3.8, 4) is 5.75 Å². The van der Waals surface area contributed by atoms with Crippen LogP contribution in [0.15, 0.2) is 28.7 Å². The molecule has 1 saturated carbocycles. The van der Waals surface area contributed by atoms with Crippen LogP contribution in [0, 0.1) is 0 Å². The number of carbonyl (C=O) groups is 2. The van der Waals surface area contributed by atoms with E-state index in [1.807, 2.05) is 24.3 Å². The Morgan fingerprint density at radius 3 is 2.62 bits per heavy atom. The van der Waals surface area contributed by atoms with Crippen molar-refractivity contribution in [2.45, 2.75) is 51.0 Å². The van der Waals surface area contributed by atoms with Gasteiger partial charge in [0.15, 0.2) is 0 Å². The molecule has 5 nitrogen and oxygen atoms in total. The minimum absolute atomic E-state index is 0.0560. The van der Waals surface area contributed by atoms with Crippen LogP contribution < -0.4 is 15.4 Å². The summed E-state index contributed by atoms with van der Waals surface area (Å²) in [7, 11) is 0. The van der Waals surface area contributed by atoms with Crippen molar-refractivity contribution in [3.05, 3.63) is 28.7 Å². The monoisotopic (exact) mass is 396 g/mol. The molecule has 1 aliphatic carbocycles. The quantitative estimate of drug-likeness (QED) is 0.663. The zero-order chi connectivity index (χ0) is 17.2. The number of rotatable bonds is 8. The molecule has 1 aromatic carbocycles. The molecule has 0 spiro atoms. The highest BCUT2D eigenvalue weighted by Gasteiger charge is 2.15. The van der Waals surface area contributed by atoms with Gasteiger partial charge >= 0.3 is 0 Å². The molecular formula is C18H25BrN2O3. The smallest absolute Gasteiger partial charge is 0.239 e. The minimum Gasteiger partial charge on any atom is -0.492 e. The topological polar surface area (TPSA) is 67.4 Å². The predicted molar refractivity (Wildman–Crippen MR) is 96.9 cm³/mol. The molecule has 0 aromatic heterocycles. The maximum Gasteiger partial charge on any atom is 0.239 e. The van der Waals surface area contributed by atoms with E-state index in [0.29, 0.717) is 19.4 Å². The maximum atomic E-state index is 11.8. The van der Waals surface area contributed by atoms with Gasteiger partial charge in [-0.25, -0.2) is 0 Å². The van der Waals surface area contributed by atoms with E-state index in [0.717, 1.165) is 23.1 Å². The van der Waals surface area contributed by atoms with Gasteiger partial charge in [0, 0.05) is 12.5 Å². The van der Waals surface area contributed by atoms with Crippen LogP contribution in [0.3, 0.4) is 0 Å². The first-order chi connectivity index (χ1) is 11.6. The summed E-state index contributed by atoms with van der Waals surface area (Å²) in [5, 5.41) is 5.65. The fourth-order valence-corrected chi connectivity index (χ4v) is 3.17. The van der Waals surface area contributed by atoms with Gasteiger partial charge in [0.1, 0.15) is 5.75 Å². The van der Waals surface area contributed by atoms with Crippen molar-refractivity contribution in [3.63, 3.8) is 0 Å². The number of amides is 2. The molecule has 0 saturated heterocycles. The fourth-order valence-electron chi connectivity index (χ4n) is 2.77. The van der Waals surface area contributed by atoms with E-state index in [-0.39, 0.29) is 24.4 Å². The first-order valence-corrected chi connectivity index (χ1v) is 9.38. The van der Waals surface area contributed by atoms with Crippen molar-refractivity contribution < 1.29 is 14.3 Å². The molecule has 0 unspecified atom stereocenters. The Morgan fingerprint density at radius 2 is 1.88 bits per heavy atom. The van der Waals surface area contributed by atoms with Crippen LogP contribution in [-0.4, -0.2) is 31.0 Å². The Kier molecular flexibility index (Phi) is 8.08. The molecule has 2 N–H and O–H groups in total. The summed E-state index contributed by atoms with van der Waals surface area (Å²) in [5.74, 6) is 0.550. The highest BCUT2D eigenvalue weighted by molar-refractivity contribution is 9.10. The molecule has 0 bridgehead atoms. The Bertz CT molecular complexity index is 545. The molecule has 6 heteroatoms. The molecular weight excluding hydrogens is 372 g/mol. The van der Waals surface area contributed by atoms with Crippen LogP contribution in [-0.2, 0) is 9.59 Å². The van der Waals surface area contributed by atoms with Gasteiger partial charge in [-0.15, -0.1) is 0 Å². The largest absolute Gasteiger partial charge is 0.492 e. The first kappa shape index (κ1) is 18.8. The molecule has 2 amide bonds. The van der Waals surface area contributed by atoms with Crippen molar-refractivity contribution in [1.29, 1.82) is 0 Å². The lowest BCUT2D eigenvalue weighted by molar-refractivity contribution is -0.126. The molecule has 0 heterocycles. The second-order valence-electron chi connectivity index (χ2n) is 6.06. The molecule has 132 valence electrons. The lowest BCUT2D eigenvalue weighted by atomic mass is 9.95. The highest BCUT2D eigenvalue weighted by atomic mass is 79.9. The number of benzene rings is 1. The van der Waals surface area contributed by atoms with E-state index in [4.69, 9.17) is 4.74 Å². The summed E-state index contributed by atoms with van der Waals surface area (Å²) in [6.45, 7) is 0.519.